The molecule has 2 aromatic carbocycles. The normalized spacial score (nSPS) is 13.9. The summed E-state index contributed by atoms with van der Waals surface area (Å²) in [6, 6.07) is 12.6. The van der Waals surface area contributed by atoms with Crippen molar-refractivity contribution in [2.45, 2.75) is 212 Å². The summed E-state index contributed by atoms with van der Waals surface area (Å²) < 4.78 is 12.5. The van der Waals surface area contributed by atoms with Gasteiger partial charge in [0.1, 0.15) is 0 Å². The Morgan fingerprint density at radius 3 is 1.60 bits per heavy atom. The highest BCUT2D eigenvalue weighted by molar-refractivity contribution is 8.05. The van der Waals surface area contributed by atoms with Crippen molar-refractivity contribution >= 4 is 23.6 Å². The third-order valence-corrected chi connectivity index (χ3v) is 12.2. The molecule has 1 heterocycles. The van der Waals surface area contributed by atoms with Gasteiger partial charge in [0.05, 0.1) is 18.1 Å². The number of hydrogen-bond donors (Lipinski definition) is 0. The summed E-state index contributed by atoms with van der Waals surface area (Å²) in [5.74, 6) is 2.28. The first-order valence-electron chi connectivity index (χ1n) is 22.6. The van der Waals surface area contributed by atoms with Gasteiger partial charge < -0.3 is 9.47 Å². The number of carbonyl (C=O) groups excluding carboxylic acids is 1. The summed E-state index contributed by atoms with van der Waals surface area (Å²) in [5, 5.41) is 0. The second kappa shape index (κ2) is 29.1. The Labute approximate surface area is 331 Å². The lowest BCUT2D eigenvalue weighted by atomic mass is 9.88. The average molecular weight is 747 g/mol. The van der Waals surface area contributed by atoms with E-state index < -0.39 is 0 Å². The van der Waals surface area contributed by atoms with Crippen LogP contribution in [0.2, 0.25) is 0 Å². The van der Waals surface area contributed by atoms with E-state index in [1.165, 1.54) is 171 Å². The van der Waals surface area contributed by atoms with E-state index in [1.54, 1.807) is 11.8 Å². The number of carbonyl (C=O) groups is 1. The topological polar surface area (TPSA) is 35.5 Å². The smallest absolute Gasteiger partial charge is 0.200 e. The molecule has 3 rings (SSSR count). The van der Waals surface area contributed by atoms with Crippen LogP contribution in [0.25, 0.3) is 6.08 Å². The first-order chi connectivity index (χ1) is 26.1. The molecule has 0 spiro atoms. The second-order valence-electron chi connectivity index (χ2n) is 15.8. The van der Waals surface area contributed by atoms with E-state index in [-0.39, 0.29) is 5.78 Å². The highest BCUT2D eigenvalue weighted by atomic mass is 32.2. The molecule has 0 saturated heterocycles. The minimum atomic E-state index is 0.155. The zero-order valence-corrected chi connectivity index (χ0v) is 35.6. The number of hydrogen-bond acceptors (Lipinski definition) is 4. The maximum absolute atomic E-state index is 13.8. The Bertz CT molecular complexity index is 1280. The number of allylic oxidation sites excluding steroid dienone is 1. The first kappa shape index (κ1) is 45.2. The summed E-state index contributed by atoms with van der Waals surface area (Å²) in [7, 11) is 0. The number of ketones is 1. The molecule has 0 bridgehead atoms. The lowest BCUT2D eigenvalue weighted by molar-refractivity contribution is 0.104. The molecule has 1 unspecified atom stereocenters. The molecule has 0 aromatic heterocycles. The van der Waals surface area contributed by atoms with Gasteiger partial charge in [-0.1, -0.05) is 205 Å². The van der Waals surface area contributed by atoms with Gasteiger partial charge >= 0.3 is 0 Å². The number of benzene rings is 2. The molecule has 0 amide bonds. The van der Waals surface area contributed by atoms with Crippen molar-refractivity contribution in [2.75, 3.05) is 13.2 Å². The van der Waals surface area contributed by atoms with Gasteiger partial charge in [-0.3, -0.25) is 4.79 Å². The van der Waals surface area contributed by atoms with Gasteiger partial charge in [-0.25, -0.2) is 0 Å². The third-order valence-electron chi connectivity index (χ3n) is 11.0. The molecule has 1 aliphatic rings. The van der Waals surface area contributed by atoms with Gasteiger partial charge in [-0.05, 0) is 67.0 Å². The molecular formula is C49H78O3S. The van der Waals surface area contributed by atoms with Crippen LogP contribution >= 0.6 is 11.8 Å². The van der Waals surface area contributed by atoms with E-state index in [2.05, 4.69) is 58.0 Å². The minimum absolute atomic E-state index is 0.155. The Kier molecular flexibility index (Phi) is 24.8. The number of rotatable bonds is 33. The van der Waals surface area contributed by atoms with Crippen LogP contribution in [-0.2, 0) is 0 Å². The summed E-state index contributed by atoms with van der Waals surface area (Å²) in [6.07, 6.45) is 37.4. The number of fused-ring (bicyclic) bond motifs is 1. The Morgan fingerprint density at radius 2 is 1.06 bits per heavy atom. The number of Topliss-reactive ketones (excluding diaryl/α,β-unsaturated/α-hetero) is 1. The lowest BCUT2D eigenvalue weighted by Gasteiger charge is -2.19. The fourth-order valence-corrected chi connectivity index (χ4v) is 8.96. The SMILES string of the molecule is CCCCCCCCCCCCCCCCCCC(CCC)c1cccc2c1SC(=Cc1ccc(OCCCCCC)c(OCCCCCC)c1)C2=O. The lowest BCUT2D eigenvalue weighted by Crippen LogP contribution is -2.03. The van der Waals surface area contributed by atoms with E-state index in [4.69, 9.17) is 9.47 Å². The van der Waals surface area contributed by atoms with Crippen molar-refractivity contribution in [1.82, 2.24) is 0 Å². The third kappa shape index (κ3) is 17.9. The molecule has 4 heteroatoms. The Morgan fingerprint density at radius 1 is 0.547 bits per heavy atom. The predicted molar refractivity (Wildman–Crippen MR) is 232 cm³/mol. The van der Waals surface area contributed by atoms with Gasteiger partial charge in [0.15, 0.2) is 11.5 Å². The molecule has 1 aliphatic heterocycles. The molecule has 0 aliphatic carbocycles. The summed E-state index contributed by atoms with van der Waals surface area (Å²) >= 11 is 1.68. The van der Waals surface area contributed by atoms with E-state index in [0.717, 1.165) is 40.4 Å². The van der Waals surface area contributed by atoms with Gasteiger partial charge in [0, 0.05) is 10.5 Å². The number of thioether (sulfide) groups is 1. The average Bonchev–Trinajstić information content (AvgIpc) is 3.49. The van der Waals surface area contributed by atoms with E-state index in [9.17, 15) is 4.79 Å². The Hall–Kier alpha value is -2.20. The van der Waals surface area contributed by atoms with Gasteiger partial charge in [-0.15, -0.1) is 0 Å². The monoisotopic (exact) mass is 747 g/mol. The second-order valence-corrected chi connectivity index (χ2v) is 16.8. The fraction of sp³-hybridized carbons (Fsp3) is 0.694. The zero-order valence-electron chi connectivity index (χ0n) is 34.8. The highest BCUT2D eigenvalue weighted by Gasteiger charge is 2.30. The molecule has 53 heavy (non-hydrogen) atoms. The quantitative estimate of drug-likeness (QED) is 0.0538. The van der Waals surface area contributed by atoms with Crippen molar-refractivity contribution in [3.8, 4) is 11.5 Å². The first-order valence-corrected chi connectivity index (χ1v) is 23.4. The molecule has 0 fully saturated rings. The minimum Gasteiger partial charge on any atom is -0.490 e. The molecule has 298 valence electrons. The van der Waals surface area contributed by atoms with E-state index >= 15 is 0 Å². The van der Waals surface area contributed by atoms with Crippen LogP contribution < -0.4 is 9.47 Å². The zero-order chi connectivity index (χ0) is 37.8. The van der Waals surface area contributed by atoms with Gasteiger partial charge in [0.2, 0.25) is 5.78 Å². The van der Waals surface area contributed by atoms with Crippen molar-refractivity contribution < 1.29 is 14.3 Å². The van der Waals surface area contributed by atoms with Crippen molar-refractivity contribution in [2.24, 2.45) is 0 Å². The van der Waals surface area contributed by atoms with Gasteiger partial charge in [-0.2, -0.15) is 0 Å². The van der Waals surface area contributed by atoms with Crippen molar-refractivity contribution in [3.05, 3.63) is 58.0 Å². The van der Waals surface area contributed by atoms with Crippen LogP contribution in [0.3, 0.4) is 0 Å². The van der Waals surface area contributed by atoms with Crippen molar-refractivity contribution in [1.29, 1.82) is 0 Å². The summed E-state index contributed by atoms with van der Waals surface area (Å²) in [6.45, 7) is 10.5. The molecule has 2 aromatic rings. The van der Waals surface area contributed by atoms with Crippen LogP contribution in [-0.4, -0.2) is 19.0 Å². The van der Waals surface area contributed by atoms with Crippen LogP contribution in [0.1, 0.15) is 228 Å². The maximum atomic E-state index is 13.8. The number of unbranched alkanes of at least 4 members (excludes halogenated alkanes) is 21. The van der Waals surface area contributed by atoms with Crippen LogP contribution in [0.5, 0.6) is 11.5 Å². The van der Waals surface area contributed by atoms with Gasteiger partial charge in [0.25, 0.3) is 0 Å². The van der Waals surface area contributed by atoms with E-state index in [0.29, 0.717) is 19.1 Å². The molecule has 0 saturated carbocycles. The summed E-state index contributed by atoms with van der Waals surface area (Å²) in [4.78, 5) is 15.8. The van der Waals surface area contributed by atoms with Crippen LogP contribution in [0.4, 0.5) is 0 Å². The standard InChI is InChI=1S/C49H78O3S/c1-5-9-12-15-16-17-18-19-20-21-22-23-24-25-26-27-32-42(31-8-4)43-33-30-34-44-48(50)47(53-49(43)44)40-41-35-36-45(51-37-28-13-10-6-2)46(39-41)52-38-29-14-11-7-3/h30,33-36,39-40,42H,5-29,31-32,37-38H2,1-4H3. The molecular weight excluding hydrogens is 669 g/mol. The van der Waals surface area contributed by atoms with E-state index in [1.807, 2.05) is 12.1 Å². The van der Waals surface area contributed by atoms with Crippen molar-refractivity contribution in [3.63, 3.8) is 0 Å². The summed E-state index contributed by atoms with van der Waals surface area (Å²) in [5.41, 5.74) is 3.26. The molecule has 0 radical (unpaired) electrons. The molecule has 3 nitrogen and oxygen atoms in total. The van der Waals surface area contributed by atoms with Crippen LogP contribution in [0.15, 0.2) is 46.2 Å². The molecule has 1 atom stereocenters. The Balaban J connectivity index is 1.50. The number of ether oxygens (including phenoxy) is 2. The van der Waals surface area contributed by atoms with Crippen LogP contribution in [0, 0.1) is 0 Å². The highest BCUT2D eigenvalue weighted by Crippen LogP contribution is 2.47. The predicted octanol–water partition coefficient (Wildman–Crippen LogP) is 16.5. The largest absolute Gasteiger partial charge is 0.490 e. The fourth-order valence-electron chi connectivity index (χ4n) is 7.72. The molecule has 0 N–H and O–H groups in total. The maximum Gasteiger partial charge on any atom is 0.200 e.